The van der Waals surface area contributed by atoms with Gasteiger partial charge in [-0.15, -0.1) is 0 Å². The van der Waals surface area contributed by atoms with E-state index in [9.17, 15) is 4.79 Å². The third kappa shape index (κ3) is 6.96. The van der Waals surface area contributed by atoms with Gasteiger partial charge in [0, 0.05) is 12.0 Å². The number of carbonyl (C=O) groups excluding carboxylic acids is 1. The van der Waals surface area contributed by atoms with Crippen molar-refractivity contribution in [3.63, 3.8) is 0 Å². The number of para-hydroxylation sites is 1. The molecule has 206 valence electrons. The van der Waals surface area contributed by atoms with Crippen LogP contribution in [-0.4, -0.2) is 42.7 Å². The van der Waals surface area contributed by atoms with Gasteiger partial charge in [0.1, 0.15) is 18.2 Å². The number of esters is 1. The predicted octanol–water partition coefficient (Wildman–Crippen LogP) is 7.36. The standard InChI is InChI=1S/C32H44N2O4/c1-5-6-14-29-33-32(20-9-10-21-32)24-38-34(29)23-25-15-17-26(18-16-25)27-12-7-8-13-28(27)37-22-11-19-31(2,3)30(35)36-4/h7-8,12-13,15-18H,5-6,9-11,14,19-24H2,1-4H3. The highest BCUT2D eigenvalue weighted by Gasteiger charge is 2.38. The van der Waals surface area contributed by atoms with Crippen LogP contribution in [-0.2, 0) is 20.9 Å². The Hall–Kier alpha value is -2.86. The monoisotopic (exact) mass is 520 g/mol. The predicted molar refractivity (Wildman–Crippen MR) is 152 cm³/mol. The second kappa shape index (κ2) is 12.8. The van der Waals surface area contributed by atoms with Crippen LogP contribution in [0.1, 0.15) is 84.1 Å². The summed E-state index contributed by atoms with van der Waals surface area (Å²) in [5.41, 5.74) is 2.88. The molecule has 1 fully saturated rings. The summed E-state index contributed by atoms with van der Waals surface area (Å²) < 4.78 is 11.1. The lowest BCUT2D eigenvalue weighted by Crippen LogP contribution is -2.45. The van der Waals surface area contributed by atoms with E-state index >= 15 is 0 Å². The largest absolute Gasteiger partial charge is 0.493 e. The zero-order chi connectivity index (χ0) is 27.0. The first kappa shape index (κ1) is 28.2. The van der Waals surface area contributed by atoms with E-state index in [2.05, 4.69) is 37.3 Å². The molecule has 0 amide bonds. The normalized spacial score (nSPS) is 16.9. The van der Waals surface area contributed by atoms with Crippen LogP contribution in [0.15, 0.2) is 53.5 Å². The maximum absolute atomic E-state index is 11.9. The molecule has 2 aromatic rings. The third-order valence-electron chi connectivity index (χ3n) is 7.85. The summed E-state index contributed by atoms with van der Waals surface area (Å²) in [5.74, 6) is 1.78. The third-order valence-corrected chi connectivity index (χ3v) is 7.85. The second-order valence-electron chi connectivity index (χ2n) is 11.4. The smallest absolute Gasteiger partial charge is 0.311 e. The first-order valence-corrected chi connectivity index (χ1v) is 14.2. The van der Waals surface area contributed by atoms with Crippen LogP contribution in [0.25, 0.3) is 11.1 Å². The Morgan fingerprint density at radius 3 is 2.53 bits per heavy atom. The first-order valence-electron chi connectivity index (χ1n) is 14.2. The van der Waals surface area contributed by atoms with Crippen molar-refractivity contribution >= 4 is 11.8 Å². The van der Waals surface area contributed by atoms with Gasteiger partial charge >= 0.3 is 5.97 Å². The van der Waals surface area contributed by atoms with E-state index in [-0.39, 0.29) is 11.5 Å². The van der Waals surface area contributed by atoms with Crippen LogP contribution < -0.4 is 4.74 Å². The number of aliphatic imine (C=N–C) groups is 1. The van der Waals surface area contributed by atoms with Crippen molar-refractivity contribution in [2.45, 2.75) is 90.6 Å². The fourth-order valence-electron chi connectivity index (χ4n) is 5.44. The average molecular weight is 521 g/mol. The topological polar surface area (TPSA) is 60.4 Å². The van der Waals surface area contributed by atoms with Gasteiger partial charge in [-0.2, -0.15) is 0 Å². The fourth-order valence-corrected chi connectivity index (χ4v) is 5.44. The Labute approximate surface area is 228 Å². The molecular weight excluding hydrogens is 476 g/mol. The Morgan fingerprint density at radius 1 is 1.08 bits per heavy atom. The number of rotatable bonds is 12. The van der Waals surface area contributed by atoms with Crippen LogP contribution in [0, 0.1) is 5.41 Å². The van der Waals surface area contributed by atoms with Crippen LogP contribution in [0.4, 0.5) is 0 Å². The molecule has 0 aromatic heterocycles. The van der Waals surface area contributed by atoms with Gasteiger partial charge in [0.25, 0.3) is 0 Å². The van der Waals surface area contributed by atoms with E-state index < -0.39 is 5.41 Å². The van der Waals surface area contributed by atoms with E-state index in [4.69, 9.17) is 19.3 Å². The summed E-state index contributed by atoms with van der Waals surface area (Å²) in [6.45, 7) is 7.99. The average Bonchev–Trinajstić information content (AvgIpc) is 3.39. The molecule has 2 aliphatic rings. The Bertz CT molecular complexity index is 1090. The summed E-state index contributed by atoms with van der Waals surface area (Å²) in [5, 5.41) is 2.03. The van der Waals surface area contributed by atoms with Gasteiger partial charge in [-0.1, -0.05) is 68.7 Å². The molecule has 6 heteroatoms. The molecule has 2 aromatic carbocycles. The maximum atomic E-state index is 11.9. The minimum Gasteiger partial charge on any atom is -0.493 e. The van der Waals surface area contributed by atoms with Crippen LogP contribution in [0.5, 0.6) is 5.75 Å². The number of nitrogens with zero attached hydrogens (tertiary/aromatic N) is 2. The lowest BCUT2D eigenvalue weighted by molar-refractivity contribution is -0.151. The zero-order valence-corrected chi connectivity index (χ0v) is 23.6. The van der Waals surface area contributed by atoms with Crippen molar-refractivity contribution in [1.82, 2.24) is 5.06 Å². The molecular formula is C32H44N2O4. The highest BCUT2D eigenvalue weighted by atomic mass is 16.7. The van der Waals surface area contributed by atoms with Gasteiger partial charge in [-0.3, -0.25) is 14.6 Å². The number of unbranched alkanes of at least 4 members (excludes halogenated alkanes) is 1. The Kier molecular flexibility index (Phi) is 9.48. The van der Waals surface area contributed by atoms with Crippen molar-refractivity contribution in [2.75, 3.05) is 20.3 Å². The number of carbonyl (C=O) groups is 1. The summed E-state index contributed by atoms with van der Waals surface area (Å²) in [4.78, 5) is 23.5. The second-order valence-corrected chi connectivity index (χ2v) is 11.4. The van der Waals surface area contributed by atoms with E-state index in [0.717, 1.165) is 61.2 Å². The van der Waals surface area contributed by atoms with Gasteiger partial charge in [0.05, 0.1) is 31.2 Å². The van der Waals surface area contributed by atoms with Gasteiger partial charge in [-0.25, -0.2) is 5.06 Å². The molecule has 1 aliphatic heterocycles. The van der Waals surface area contributed by atoms with Gasteiger partial charge in [-0.05, 0) is 63.1 Å². The minimum atomic E-state index is -0.510. The van der Waals surface area contributed by atoms with Crippen LogP contribution in [0.3, 0.4) is 0 Å². The number of hydroxylamine groups is 2. The lowest BCUT2D eigenvalue weighted by Gasteiger charge is -2.37. The molecule has 1 spiro atoms. The maximum Gasteiger partial charge on any atom is 0.311 e. The van der Waals surface area contributed by atoms with E-state index in [1.165, 1.54) is 25.5 Å². The van der Waals surface area contributed by atoms with Gasteiger partial charge < -0.3 is 9.47 Å². The van der Waals surface area contributed by atoms with Crippen molar-refractivity contribution in [3.8, 4) is 16.9 Å². The molecule has 38 heavy (non-hydrogen) atoms. The summed E-state index contributed by atoms with van der Waals surface area (Å²) in [7, 11) is 1.44. The number of hydrogen-bond donors (Lipinski definition) is 0. The van der Waals surface area contributed by atoms with E-state index in [1.54, 1.807) is 0 Å². The molecule has 0 saturated heterocycles. The van der Waals surface area contributed by atoms with E-state index in [0.29, 0.717) is 26.2 Å². The summed E-state index contributed by atoms with van der Waals surface area (Å²) in [6.07, 6.45) is 9.54. The van der Waals surface area contributed by atoms with Crippen molar-refractivity contribution < 1.29 is 19.1 Å². The quantitative estimate of drug-likeness (QED) is 0.216. The van der Waals surface area contributed by atoms with Crippen molar-refractivity contribution in [3.05, 3.63) is 54.1 Å². The van der Waals surface area contributed by atoms with Gasteiger partial charge in [0.2, 0.25) is 0 Å². The minimum absolute atomic E-state index is 0.0161. The molecule has 0 unspecified atom stereocenters. The van der Waals surface area contributed by atoms with E-state index in [1.807, 2.05) is 37.1 Å². The molecule has 4 rings (SSSR count). The molecule has 0 N–H and O–H groups in total. The first-order chi connectivity index (χ1) is 18.4. The highest BCUT2D eigenvalue weighted by Crippen LogP contribution is 2.37. The molecule has 1 aliphatic carbocycles. The number of amidine groups is 1. The fraction of sp³-hybridized carbons (Fsp3) is 0.562. The number of hydrogen-bond acceptors (Lipinski definition) is 6. The summed E-state index contributed by atoms with van der Waals surface area (Å²) in [6, 6.07) is 16.8. The SMILES string of the molecule is CCCCC1=NC2(CCCC2)CON1Cc1ccc(-c2ccccc2OCCCC(C)(C)C(=O)OC)cc1. The number of methoxy groups -OCH3 is 1. The lowest BCUT2D eigenvalue weighted by atomic mass is 9.88. The molecule has 0 atom stereocenters. The van der Waals surface area contributed by atoms with Crippen LogP contribution in [0.2, 0.25) is 0 Å². The van der Waals surface area contributed by atoms with Crippen molar-refractivity contribution in [1.29, 1.82) is 0 Å². The highest BCUT2D eigenvalue weighted by molar-refractivity contribution is 5.82. The summed E-state index contributed by atoms with van der Waals surface area (Å²) >= 11 is 0. The van der Waals surface area contributed by atoms with Crippen molar-refractivity contribution in [2.24, 2.45) is 10.4 Å². The van der Waals surface area contributed by atoms with Gasteiger partial charge in [0.15, 0.2) is 0 Å². The zero-order valence-electron chi connectivity index (χ0n) is 23.6. The Balaban J connectivity index is 1.39. The number of benzene rings is 2. The molecule has 6 nitrogen and oxygen atoms in total. The number of ether oxygens (including phenoxy) is 2. The molecule has 1 saturated carbocycles. The molecule has 1 heterocycles. The molecule has 0 bridgehead atoms. The molecule has 0 radical (unpaired) electrons. The Morgan fingerprint density at radius 2 is 1.82 bits per heavy atom. The van der Waals surface area contributed by atoms with Crippen LogP contribution >= 0.6 is 0 Å².